The maximum Gasteiger partial charge on any atom is 0.266 e. The van der Waals surface area contributed by atoms with Gasteiger partial charge in [-0.2, -0.15) is 0 Å². The number of rotatable bonds is 5. The van der Waals surface area contributed by atoms with E-state index in [1.165, 1.54) is 23.0 Å². The molecule has 1 unspecified atom stereocenters. The molecular formula is C22H23F3N4O3. The third-order valence-electron chi connectivity index (χ3n) is 5.94. The number of hydrogen-bond donors (Lipinski definition) is 2. The summed E-state index contributed by atoms with van der Waals surface area (Å²) in [5, 5.41) is 14.6. The number of aliphatic hydroxyl groups is 1. The van der Waals surface area contributed by atoms with Crippen LogP contribution < -0.4 is 10.9 Å². The Morgan fingerprint density at radius 2 is 1.91 bits per heavy atom. The molecule has 1 aliphatic heterocycles. The molecule has 32 heavy (non-hydrogen) atoms. The minimum atomic E-state index is -2.93. The molecule has 0 saturated carbocycles. The highest BCUT2D eigenvalue weighted by atomic mass is 19.3. The van der Waals surface area contributed by atoms with E-state index in [9.17, 15) is 23.1 Å². The summed E-state index contributed by atoms with van der Waals surface area (Å²) < 4.78 is 47.5. The predicted molar refractivity (Wildman–Crippen MR) is 112 cm³/mol. The standard InChI is InChI=1S/C22H23F3N4O3/c1-12(13-4-3-5-14(17(13)23)18(24)25)28-19-15-10-16(22(31)6-8-32-9-7-22)21(30)29(2)20(15)27-11-26-19/h3-5,10-12,18,31H,6-9H2,1-2H3,(H,26,27,28). The smallest absolute Gasteiger partial charge is 0.266 e. The average Bonchev–Trinajstić information content (AvgIpc) is 2.76. The summed E-state index contributed by atoms with van der Waals surface area (Å²) >= 11 is 0. The summed E-state index contributed by atoms with van der Waals surface area (Å²) in [4.78, 5) is 21.4. The lowest BCUT2D eigenvalue weighted by molar-refractivity contribution is -0.0688. The van der Waals surface area contributed by atoms with Gasteiger partial charge >= 0.3 is 0 Å². The van der Waals surface area contributed by atoms with Crippen molar-refractivity contribution in [3.8, 4) is 0 Å². The summed E-state index contributed by atoms with van der Waals surface area (Å²) in [5.41, 5.74) is -1.82. The fraction of sp³-hybridized carbons (Fsp3) is 0.409. The molecule has 0 spiro atoms. The first-order valence-corrected chi connectivity index (χ1v) is 10.2. The molecule has 3 aromatic rings. The Balaban J connectivity index is 1.79. The molecule has 3 heterocycles. The topological polar surface area (TPSA) is 89.3 Å². The fourth-order valence-corrected chi connectivity index (χ4v) is 4.05. The molecule has 0 aliphatic carbocycles. The number of ether oxygens (including phenoxy) is 1. The van der Waals surface area contributed by atoms with Crippen LogP contribution in [0, 0.1) is 5.82 Å². The van der Waals surface area contributed by atoms with E-state index in [1.54, 1.807) is 20.0 Å². The van der Waals surface area contributed by atoms with E-state index in [-0.39, 0.29) is 35.3 Å². The number of anilines is 1. The van der Waals surface area contributed by atoms with Gasteiger partial charge in [0.15, 0.2) is 0 Å². The Kier molecular flexibility index (Phi) is 5.91. The number of nitrogens with one attached hydrogen (secondary N) is 1. The van der Waals surface area contributed by atoms with Crippen LogP contribution in [-0.2, 0) is 17.4 Å². The van der Waals surface area contributed by atoms with Crippen molar-refractivity contribution in [2.45, 2.75) is 37.8 Å². The zero-order valence-corrected chi connectivity index (χ0v) is 17.6. The van der Waals surface area contributed by atoms with E-state index in [1.807, 2.05) is 0 Å². The molecule has 2 aromatic heterocycles. The second-order valence-electron chi connectivity index (χ2n) is 7.94. The van der Waals surface area contributed by atoms with Crippen LogP contribution >= 0.6 is 0 Å². The molecule has 1 fully saturated rings. The number of benzene rings is 1. The van der Waals surface area contributed by atoms with Gasteiger partial charge in [0, 0.05) is 44.2 Å². The van der Waals surface area contributed by atoms with Gasteiger partial charge in [-0.1, -0.05) is 18.2 Å². The van der Waals surface area contributed by atoms with Crippen LogP contribution in [0.5, 0.6) is 0 Å². The van der Waals surface area contributed by atoms with Crippen molar-refractivity contribution in [2.75, 3.05) is 18.5 Å². The molecule has 4 rings (SSSR count). The van der Waals surface area contributed by atoms with Crippen molar-refractivity contribution in [1.29, 1.82) is 0 Å². The largest absolute Gasteiger partial charge is 0.385 e. The van der Waals surface area contributed by atoms with Gasteiger partial charge in [0.1, 0.15) is 23.6 Å². The van der Waals surface area contributed by atoms with Gasteiger partial charge in [-0.15, -0.1) is 0 Å². The maximum absolute atomic E-state index is 14.6. The summed E-state index contributed by atoms with van der Waals surface area (Å²) in [6.45, 7) is 2.27. The zero-order valence-electron chi connectivity index (χ0n) is 17.6. The molecule has 1 aromatic carbocycles. The molecule has 0 radical (unpaired) electrons. The summed E-state index contributed by atoms with van der Waals surface area (Å²) in [5.74, 6) is -0.692. The lowest BCUT2D eigenvalue weighted by Gasteiger charge is -2.32. The van der Waals surface area contributed by atoms with Gasteiger partial charge in [0.25, 0.3) is 12.0 Å². The van der Waals surface area contributed by atoms with E-state index in [0.29, 0.717) is 24.2 Å². The van der Waals surface area contributed by atoms with Crippen LogP contribution in [0.3, 0.4) is 0 Å². The van der Waals surface area contributed by atoms with Crippen molar-refractivity contribution >= 4 is 16.9 Å². The van der Waals surface area contributed by atoms with Crippen molar-refractivity contribution in [3.05, 3.63) is 63.5 Å². The number of hydrogen-bond acceptors (Lipinski definition) is 6. The van der Waals surface area contributed by atoms with Crippen molar-refractivity contribution in [1.82, 2.24) is 14.5 Å². The number of fused-ring (bicyclic) bond motifs is 1. The van der Waals surface area contributed by atoms with Crippen molar-refractivity contribution in [2.24, 2.45) is 7.05 Å². The number of halogens is 3. The molecule has 0 amide bonds. The molecule has 170 valence electrons. The second kappa shape index (κ2) is 8.51. The highest BCUT2D eigenvalue weighted by Gasteiger charge is 2.35. The third kappa shape index (κ3) is 3.84. The molecule has 10 heteroatoms. The van der Waals surface area contributed by atoms with E-state index >= 15 is 0 Å². The van der Waals surface area contributed by atoms with Crippen LogP contribution in [0.25, 0.3) is 11.0 Å². The van der Waals surface area contributed by atoms with E-state index in [2.05, 4.69) is 15.3 Å². The monoisotopic (exact) mass is 448 g/mol. The first-order chi connectivity index (χ1) is 15.2. The van der Waals surface area contributed by atoms with Crippen LogP contribution in [0.1, 0.15) is 48.9 Å². The van der Waals surface area contributed by atoms with Gasteiger partial charge in [-0.05, 0) is 13.0 Å². The van der Waals surface area contributed by atoms with Crippen molar-refractivity contribution < 1.29 is 23.0 Å². The van der Waals surface area contributed by atoms with Gasteiger partial charge < -0.3 is 15.2 Å². The Hall–Kier alpha value is -2.98. The summed E-state index contributed by atoms with van der Waals surface area (Å²) in [7, 11) is 1.54. The van der Waals surface area contributed by atoms with Gasteiger partial charge in [-0.3, -0.25) is 9.36 Å². The Bertz CT molecular complexity index is 1210. The van der Waals surface area contributed by atoms with E-state index < -0.39 is 29.4 Å². The maximum atomic E-state index is 14.6. The zero-order chi connectivity index (χ0) is 23.0. The minimum absolute atomic E-state index is 0.0580. The van der Waals surface area contributed by atoms with Crippen LogP contribution in [0.15, 0.2) is 35.4 Å². The second-order valence-corrected chi connectivity index (χ2v) is 7.94. The average molecular weight is 448 g/mol. The Morgan fingerprint density at radius 1 is 1.22 bits per heavy atom. The van der Waals surface area contributed by atoms with Crippen LogP contribution in [-0.4, -0.2) is 32.9 Å². The first kappa shape index (κ1) is 22.2. The normalized spacial score (nSPS) is 17.0. The van der Waals surface area contributed by atoms with Gasteiger partial charge in [0.2, 0.25) is 0 Å². The number of pyridine rings is 1. The number of aryl methyl sites for hydroxylation is 1. The first-order valence-electron chi connectivity index (χ1n) is 10.2. The molecule has 2 N–H and O–H groups in total. The minimum Gasteiger partial charge on any atom is -0.385 e. The third-order valence-corrected chi connectivity index (χ3v) is 5.94. The quantitative estimate of drug-likeness (QED) is 0.620. The summed E-state index contributed by atoms with van der Waals surface area (Å²) in [6, 6.07) is 4.68. The highest BCUT2D eigenvalue weighted by molar-refractivity contribution is 5.87. The molecule has 1 atom stereocenters. The molecule has 1 saturated heterocycles. The van der Waals surface area contributed by atoms with Crippen LogP contribution in [0.4, 0.5) is 19.0 Å². The highest BCUT2D eigenvalue weighted by Crippen LogP contribution is 2.33. The number of nitrogens with zero attached hydrogens (tertiary/aromatic N) is 3. The van der Waals surface area contributed by atoms with E-state index in [4.69, 9.17) is 4.74 Å². The fourth-order valence-electron chi connectivity index (χ4n) is 4.05. The Labute approximate surface area is 181 Å². The molecule has 1 aliphatic rings. The van der Waals surface area contributed by atoms with Gasteiger partial charge in [0.05, 0.1) is 22.6 Å². The van der Waals surface area contributed by atoms with Crippen LogP contribution in [0.2, 0.25) is 0 Å². The molecule has 7 nitrogen and oxygen atoms in total. The number of aromatic nitrogens is 3. The lowest BCUT2D eigenvalue weighted by atomic mass is 9.87. The molecule has 0 bridgehead atoms. The van der Waals surface area contributed by atoms with Crippen molar-refractivity contribution in [3.63, 3.8) is 0 Å². The van der Waals surface area contributed by atoms with E-state index in [0.717, 1.165) is 6.07 Å². The van der Waals surface area contributed by atoms with Gasteiger partial charge in [-0.25, -0.2) is 23.1 Å². The summed E-state index contributed by atoms with van der Waals surface area (Å²) in [6.07, 6.45) is -1.14. The lowest BCUT2D eigenvalue weighted by Crippen LogP contribution is -2.40. The molecular weight excluding hydrogens is 425 g/mol. The predicted octanol–water partition coefficient (Wildman–Crippen LogP) is 3.58. The SMILES string of the molecule is CC(Nc1ncnc2c1cc(C1(O)CCOCC1)c(=O)n2C)c1cccc(C(F)F)c1F. The Morgan fingerprint density at radius 3 is 2.59 bits per heavy atom. The number of alkyl halides is 2.